The fraction of sp³-hybridized carbons (Fsp3) is 0.520. The number of hydrogen-bond acceptors (Lipinski definition) is 2. The predicted octanol–water partition coefficient (Wildman–Crippen LogP) is 7.10. The molecule has 0 bridgehead atoms. The highest BCUT2D eigenvalue weighted by molar-refractivity contribution is 5.85. The third-order valence-corrected chi connectivity index (χ3v) is 5.08. The summed E-state index contributed by atoms with van der Waals surface area (Å²) < 4.78 is 6.26. The number of para-hydroxylation sites is 1. The summed E-state index contributed by atoms with van der Waals surface area (Å²) in [7, 11) is 0. The van der Waals surface area contributed by atoms with Gasteiger partial charge in [0, 0.05) is 18.6 Å². The van der Waals surface area contributed by atoms with Crippen molar-refractivity contribution in [3.05, 3.63) is 65.7 Å². The third-order valence-electron chi connectivity index (χ3n) is 5.08. The minimum Gasteiger partial charge on any atom is -0.486 e. The zero-order chi connectivity index (χ0) is 20.0. The molecule has 2 aromatic rings. The first-order valence-electron chi connectivity index (χ1n) is 10.3. The maximum Gasteiger partial charge on any atom is 0.121 e. The molecule has 0 aliphatic heterocycles. The second-order valence-electron chi connectivity index (χ2n) is 8.91. The van der Waals surface area contributed by atoms with E-state index in [0.29, 0.717) is 11.8 Å². The van der Waals surface area contributed by atoms with Crippen LogP contribution in [-0.4, -0.2) is 18.0 Å². The Kier molecular flexibility index (Phi) is 9.53. The zero-order valence-corrected chi connectivity index (χ0v) is 19.4. The molecular weight excluding hydrogens is 366 g/mol. The third kappa shape index (κ3) is 6.53. The first-order chi connectivity index (χ1) is 12.7. The van der Waals surface area contributed by atoms with E-state index >= 15 is 0 Å². The summed E-state index contributed by atoms with van der Waals surface area (Å²) >= 11 is 0. The molecule has 0 spiro atoms. The number of nitrogens with zero attached hydrogens (tertiary/aromatic N) is 1. The van der Waals surface area contributed by atoms with Gasteiger partial charge in [0.25, 0.3) is 0 Å². The van der Waals surface area contributed by atoms with Crippen LogP contribution >= 0.6 is 12.4 Å². The van der Waals surface area contributed by atoms with Gasteiger partial charge in [-0.15, -0.1) is 12.4 Å². The molecule has 2 nitrogen and oxygen atoms in total. The Balaban J connectivity index is 0.00000392. The van der Waals surface area contributed by atoms with Crippen molar-refractivity contribution in [1.82, 2.24) is 4.90 Å². The fourth-order valence-electron chi connectivity index (χ4n) is 3.76. The minimum absolute atomic E-state index is 0. The molecule has 3 heteroatoms. The molecule has 2 aromatic carbocycles. The van der Waals surface area contributed by atoms with E-state index in [1.165, 1.54) is 11.1 Å². The Morgan fingerprint density at radius 2 is 1.29 bits per heavy atom. The van der Waals surface area contributed by atoms with E-state index in [-0.39, 0.29) is 24.0 Å². The van der Waals surface area contributed by atoms with E-state index in [4.69, 9.17) is 4.74 Å². The summed E-state index contributed by atoms with van der Waals surface area (Å²) in [5, 5.41) is 0. The van der Waals surface area contributed by atoms with Gasteiger partial charge in [0.1, 0.15) is 11.9 Å². The summed E-state index contributed by atoms with van der Waals surface area (Å²) in [4.78, 5) is 2.64. The van der Waals surface area contributed by atoms with Gasteiger partial charge in [-0.3, -0.25) is 4.90 Å². The molecule has 0 N–H and O–H groups in total. The van der Waals surface area contributed by atoms with Crippen molar-refractivity contribution < 1.29 is 4.74 Å². The Labute approximate surface area is 178 Å². The lowest BCUT2D eigenvalue weighted by Crippen LogP contribution is -2.46. The lowest BCUT2D eigenvalue weighted by molar-refractivity contribution is 0.0858. The lowest BCUT2D eigenvalue weighted by Gasteiger charge is -2.42. The molecule has 1 atom stereocenters. The quantitative estimate of drug-likeness (QED) is 0.442. The Morgan fingerprint density at radius 3 is 1.82 bits per heavy atom. The van der Waals surface area contributed by atoms with Gasteiger partial charge in [0.05, 0.1) is 0 Å². The molecule has 0 fully saturated rings. The zero-order valence-electron chi connectivity index (χ0n) is 18.6. The first-order valence-corrected chi connectivity index (χ1v) is 10.3. The topological polar surface area (TPSA) is 12.5 Å². The molecule has 0 saturated heterocycles. The van der Waals surface area contributed by atoms with Crippen LogP contribution in [0.3, 0.4) is 0 Å². The first kappa shape index (κ1) is 24.5. The average molecular weight is 404 g/mol. The Bertz CT molecular complexity index is 687. The van der Waals surface area contributed by atoms with E-state index in [1.807, 2.05) is 30.3 Å². The van der Waals surface area contributed by atoms with Crippen molar-refractivity contribution in [1.29, 1.82) is 0 Å². The van der Waals surface area contributed by atoms with Gasteiger partial charge in [-0.2, -0.15) is 0 Å². The molecule has 28 heavy (non-hydrogen) atoms. The summed E-state index contributed by atoms with van der Waals surface area (Å²) in [5.74, 6) is 2.18. The molecule has 0 amide bonds. The van der Waals surface area contributed by atoms with Crippen molar-refractivity contribution in [2.45, 2.75) is 60.1 Å². The van der Waals surface area contributed by atoms with Crippen LogP contribution in [0.2, 0.25) is 0 Å². The van der Waals surface area contributed by atoms with E-state index in [0.717, 1.165) is 18.8 Å². The van der Waals surface area contributed by atoms with Crippen molar-refractivity contribution in [3.63, 3.8) is 0 Å². The summed E-state index contributed by atoms with van der Waals surface area (Å²) in [6, 6.07) is 18.9. The highest BCUT2D eigenvalue weighted by Crippen LogP contribution is 2.35. The van der Waals surface area contributed by atoms with E-state index < -0.39 is 0 Å². The minimum atomic E-state index is -0.0561. The number of benzene rings is 2. The van der Waals surface area contributed by atoms with Gasteiger partial charge in [0.15, 0.2) is 0 Å². The molecule has 0 saturated carbocycles. The molecule has 0 heterocycles. The SMILES string of the molecule is CC(C)CN(CC(C)C)C(C)(C)c1ccccc1C(C)Oc1ccccc1.Cl. The predicted molar refractivity (Wildman–Crippen MR) is 123 cm³/mol. The molecular formula is C25H38ClNO. The monoisotopic (exact) mass is 403 g/mol. The summed E-state index contributed by atoms with van der Waals surface area (Å²) in [5.41, 5.74) is 2.57. The van der Waals surface area contributed by atoms with Crippen LogP contribution in [0.15, 0.2) is 54.6 Å². The van der Waals surface area contributed by atoms with E-state index in [1.54, 1.807) is 0 Å². The molecule has 2 rings (SSSR count). The Hall–Kier alpha value is -1.51. The second kappa shape index (κ2) is 10.9. The van der Waals surface area contributed by atoms with Gasteiger partial charge < -0.3 is 4.74 Å². The van der Waals surface area contributed by atoms with Gasteiger partial charge >= 0.3 is 0 Å². The molecule has 0 aliphatic rings. The van der Waals surface area contributed by atoms with Crippen molar-refractivity contribution in [2.24, 2.45) is 11.8 Å². The van der Waals surface area contributed by atoms with Gasteiger partial charge in [-0.25, -0.2) is 0 Å². The largest absolute Gasteiger partial charge is 0.486 e. The molecule has 0 aromatic heterocycles. The van der Waals surface area contributed by atoms with Crippen LogP contribution in [0, 0.1) is 11.8 Å². The second-order valence-corrected chi connectivity index (χ2v) is 8.91. The lowest BCUT2D eigenvalue weighted by atomic mass is 9.85. The Morgan fingerprint density at radius 1 is 0.786 bits per heavy atom. The highest BCUT2D eigenvalue weighted by Gasteiger charge is 2.32. The van der Waals surface area contributed by atoms with Crippen molar-refractivity contribution >= 4 is 12.4 Å². The molecule has 1 unspecified atom stereocenters. The van der Waals surface area contributed by atoms with Crippen LogP contribution in [0.1, 0.15) is 65.7 Å². The molecule has 0 aliphatic carbocycles. The van der Waals surface area contributed by atoms with Crippen molar-refractivity contribution in [3.8, 4) is 5.75 Å². The normalized spacial score (nSPS) is 12.9. The maximum absolute atomic E-state index is 6.26. The number of hydrogen-bond donors (Lipinski definition) is 0. The van der Waals surface area contributed by atoms with Gasteiger partial charge in [-0.1, -0.05) is 70.2 Å². The van der Waals surface area contributed by atoms with Crippen molar-refractivity contribution in [2.75, 3.05) is 13.1 Å². The van der Waals surface area contributed by atoms with Crippen LogP contribution in [0.4, 0.5) is 0 Å². The number of halogens is 1. The standard InChI is InChI=1S/C25H37NO.ClH/c1-19(2)17-26(18-20(3)4)25(6,7)24-16-12-11-15-23(24)21(5)27-22-13-9-8-10-14-22;/h8-16,19-21H,17-18H2,1-7H3;1H. The van der Waals surface area contributed by atoms with Gasteiger partial charge in [0.2, 0.25) is 0 Å². The summed E-state index contributed by atoms with van der Waals surface area (Å²) in [6.45, 7) is 18.2. The molecule has 156 valence electrons. The van der Waals surface area contributed by atoms with Gasteiger partial charge in [-0.05, 0) is 55.9 Å². The maximum atomic E-state index is 6.26. The number of ether oxygens (including phenoxy) is 1. The average Bonchev–Trinajstić information content (AvgIpc) is 2.61. The molecule has 0 radical (unpaired) electrons. The summed E-state index contributed by atoms with van der Waals surface area (Å²) in [6.07, 6.45) is 0.00262. The highest BCUT2D eigenvalue weighted by atomic mass is 35.5. The fourth-order valence-corrected chi connectivity index (χ4v) is 3.76. The van der Waals surface area contributed by atoms with Crippen LogP contribution in [-0.2, 0) is 5.54 Å². The smallest absolute Gasteiger partial charge is 0.121 e. The van der Waals surface area contributed by atoms with Crippen LogP contribution < -0.4 is 4.74 Å². The van der Waals surface area contributed by atoms with E-state index in [2.05, 4.69) is 77.6 Å². The number of rotatable bonds is 9. The van der Waals surface area contributed by atoms with Crippen LogP contribution in [0.5, 0.6) is 5.75 Å². The van der Waals surface area contributed by atoms with E-state index in [9.17, 15) is 0 Å². The van der Waals surface area contributed by atoms with Crippen LogP contribution in [0.25, 0.3) is 0 Å².